The van der Waals surface area contributed by atoms with Crippen LogP contribution in [0.5, 0.6) is 0 Å². The number of ether oxygens (including phenoxy) is 1. The Hall–Kier alpha value is -2.28. The second-order valence-electron chi connectivity index (χ2n) is 5.11. The van der Waals surface area contributed by atoms with Gasteiger partial charge in [0.2, 0.25) is 5.78 Å². The summed E-state index contributed by atoms with van der Waals surface area (Å²) >= 11 is 0. The quantitative estimate of drug-likeness (QED) is 0.502. The minimum atomic E-state index is -0.774. The third-order valence-electron chi connectivity index (χ3n) is 3.60. The highest BCUT2D eigenvalue weighted by Gasteiger charge is 2.51. The SMILES string of the molecule is C[C@]1(C(=O)C2=NNC[C@H]2c2cccc([N+](=O)[O-])c2)CO1. The van der Waals surface area contributed by atoms with Crippen molar-refractivity contribution < 1.29 is 14.5 Å². The van der Waals surface area contributed by atoms with Gasteiger partial charge in [-0.2, -0.15) is 5.10 Å². The van der Waals surface area contributed by atoms with Gasteiger partial charge in [-0.1, -0.05) is 12.1 Å². The van der Waals surface area contributed by atoms with Crippen molar-refractivity contribution in [2.45, 2.75) is 18.4 Å². The van der Waals surface area contributed by atoms with Gasteiger partial charge in [0.1, 0.15) is 5.71 Å². The highest BCUT2D eigenvalue weighted by Crippen LogP contribution is 2.32. The van der Waals surface area contributed by atoms with Gasteiger partial charge in [0.25, 0.3) is 5.69 Å². The Morgan fingerprint density at radius 2 is 2.35 bits per heavy atom. The summed E-state index contributed by atoms with van der Waals surface area (Å²) in [6, 6.07) is 6.29. The highest BCUT2D eigenvalue weighted by molar-refractivity contribution is 6.45. The Kier molecular flexibility index (Phi) is 2.79. The van der Waals surface area contributed by atoms with E-state index < -0.39 is 10.5 Å². The number of rotatable bonds is 4. The van der Waals surface area contributed by atoms with Crippen molar-refractivity contribution >= 4 is 17.2 Å². The molecule has 0 unspecified atom stereocenters. The lowest BCUT2D eigenvalue weighted by molar-refractivity contribution is -0.384. The van der Waals surface area contributed by atoms with E-state index >= 15 is 0 Å². The molecule has 2 atom stereocenters. The molecule has 20 heavy (non-hydrogen) atoms. The minimum Gasteiger partial charge on any atom is -0.361 e. The van der Waals surface area contributed by atoms with Gasteiger partial charge in [-0.3, -0.25) is 14.9 Å². The first-order valence-corrected chi connectivity index (χ1v) is 6.25. The number of Topliss-reactive ketones (excluding diaryl/α,β-unsaturated/α-hetero) is 1. The number of nitro benzene ring substituents is 1. The number of epoxide rings is 1. The second kappa shape index (κ2) is 4.38. The molecule has 0 saturated carbocycles. The molecule has 0 spiro atoms. The molecule has 0 aromatic heterocycles. The van der Waals surface area contributed by atoms with E-state index in [2.05, 4.69) is 10.5 Å². The number of benzene rings is 1. The summed E-state index contributed by atoms with van der Waals surface area (Å²) < 4.78 is 5.15. The Bertz CT molecular complexity index is 622. The van der Waals surface area contributed by atoms with Gasteiger partial charge in [-0.05, 0) is 12.5 Å². The maximum atomic E-state index is 12.3. The van der Waals surface area contributed by atoms with E-state index in [4.69, 9.17) is 4.74 Å². The van der Waals surface area contributed by atoms with Crippen LogP contribution >= 0.6 is 0 Å². The van der Waals surface area contributed by atoms with Crippen molar-refractivity contribution in [1.82, 2.24) is 5.43 Å². The molecule has 2 aliphatic heterocycles. The second-order valence-corrected chi connectivity index (χ2v) is 5.11. The van der Waals surface area contributed by atoms with Crippen LogP contribution in [0.3, 0.4) is 0 Å². The van der Waals surface area contributed by atoms with Gasteiger partial charge < -0.3 is 10.2 Å². The number of hydrazone groups is 1. The van der Waals surface area contributed by atoms with E-state index in [-0.39, 0.29) is 17.4 Å². The van der Waals surface area contributed by atoms with Crippen molar-refractivity contribution in [1.29, 1.82) is 0 Å². The average molecular weight is 275 g/mol. The Morgan fingerprint density at radius 1 is 1.60 bits per heavy atom. The molecule has 7 nitrogen and oxygen atoms in total. The summed E-state index contributed by atoms with van der Waals surface area (Å²) in [6.45, 7) is 2.57. The summed E-state index contributed by atoms with van der Waals surface area (Å²) in [5.74, 6) is -0.428. The standard InChI is InChI=1S/C13H13N3O4/c1-13(7-20-13)12(17)11-10(6-14-15-11)8-3-2-4-9(5-8)16(18)19/h2-5,10,14H,6-7H2,1H3/t10-,13+/m0/s1. The number of ketones is 1. The summed E-state index contributed by atoms with van der Waals surface area (Å²) in [5, 5.41) is 14.9. The van der Waals surface area contributed by atoms with Crippen molar-refractivity contribution in [3.05, 3.63) is 39.9 Å². The first-order valence-electron chi connectivity index (χ1n) is 6.25. The van der Waals surface area contributed by atoms with E-state index in [9.17, 15) is 14.9 Å². The molecule has 3 rings (SSSR count). The zero-order valence-electron chi connectivity index (χ0n) is 10.8. The zero-order valence-corrected chi connectivity index (χ0v) is 10.8. The van der Waals surface area contributed by atoms with Crippen molar-refractivity contribution in [3.63, 3.8) is 0 Å². The molecule has 1 aromatic carbocycles. The van der Waals surface area contributed by atoms with Crippen LogP contribution in [-0.2, 0) is 9.53 Å². The predicted octanol–water partition coefficient (Wildman–Crippen LogP) is 0.996. The summed E-state index contributed by atoms with van der Waals surface area (Å²) in [5.41, 5.74) is 3.12. The third kappa shape index (κ3) is 2.05. The molecule has 2 aliphatic rings. The minimum absolute atomic E-state index is 0.00934. The number of nitro groups is 1. The van der Waals surface area contributed by atoms with Crippen LogP contribution in [0.25, 0.3) is 0 Å². The molecule has 1 fully saturated rings. The third-order valence-corrected chi connectivity index (χ3v) is 3.60. The summed E-state index contributed by atoms with van der Waals surface area (Å²) in [4.78, 5) is 22.7. The fourth-order valence-corrected chi connectivity index (χ4v) is 2.25. The lowest BCUT2D eigenvalue weighted by Gasteiger charge is -2.12. The zero-order chi connectivity index (χ0) is 14.3. The number of carbonyl (C=O) groups excluding carboxylic acids is 1. The number of hydrogen-bond acceptors (Lipinski definition) is 6. The largest absolute Gasteiger partial charge is 0.361 e. The maximum Gasteiger partial charge on any atom is 0.269 e. The first-order chi connectivity index (χ1) is 9.51. The molecule has 104 valence electrons. The molecule has 0 amide bonds. The van der Waals surface area contributed by atoms with Gasteiger partial charge in [-0.15, -0.1) is 0 Å². The van der Waals surface area contributed by atoms with Gasteiger partial charge in [0.05, 0.1) is 17.4 Å². The highest BCUT2D eigenvalue weighted by atomic mass is 16.6. The Balaban J connectivity index is 1.90. The number of nitrogens with zero attached hydrogens (tertiary/aromatic N) is 2. The van der Waals surface area contributed by atoms with E-state index in [1.165, 1.54) is 12.1 Å². The van der Waals surface area contributed by atoms with Crippen molar-refractivity contribution in [2.75, 3.05) is 13.2 Å². The first kappa shape index (κ1) is 12.7. The number of non-ortho nitro benzene ring substituents is 1. The lowest BCUT2D eigenvalue weighted by atomic mass is 9.88. The van der Waals surface area contributed by atoms with E-state index in [1.54, 1.807) is 19.1 Å². The summed E-state index contributed by atoms with van der Waals surface area (Å²) in [6.07, 6.45) is 0. The van der Waals surface area contributed by atoms with E-state index in [1.807, 2.05) is 0 Å². The molecule has 7 heteroatoms. The smallest absolute Gasteiger partial charge is 0.269 e. The number of nitrogens with one attached hydrogen (secondary N) is 1. The maximum absolute atomic E-state index is 12.3. The van der Waals surface area contributed by atoms with Crippen LogP contribution in [0.1, 0.15) is 18.4 Å². The summed E-state index contributed by atoms with van der Waals surface area (Å²) in [7, 11) is 0. The van der Waals surface area contributed by atoms with Crippen LogP contribution in [0.15, 0.2) is 29.4 Å². The number of hydrogen-bond donors (Lipinski definition) is 1. The van der Waals surface area contributed by atoms with Crippen LogP contribution in [0, 0.1) is 10.1 Å². The monoisotopic (exact) mass is 275 g/mol. The van der Waals surface area contributed by atoms with Crippen LogP contribution < -0.4 is 5.43 Å². The molecule has 1 saturated heterocycles. The van der Waals surface area contributed by atoms with Gasteiger partial charge in [0, 0.05) is 18.7 Å². The van der Waals surface area contributed by atoms with Gasteiger partial charge in [0.15, 0.2) is 5.60 Å². The van der Waals surface area contributed by atoms with Crippen molar-refractivity contribution in [3.8, 4) is 0 Å². The fraction of sp³-hybridized carbons (Fsp3) is 0.385. The van der Waals surface area contributed by atoms with Gasteiger partial charge in [-0.25, -0.2) is 0 Å². The Morgan fingerprint density at radius 3 is 3.00 bits per heavy atom. The normalized spacial score (nSPS) is 27.6. The van der Waals surface area contributed by atoms with Crippen LogP contribution in [0.2, 0.25) is 0 Å². The topological polar surface area (TPSA) is 97.1 Å². The van der Waals surface area contributed by atoms with E-state index in [0.29, 0.717) is 24.4 Å². The van der Waals surface area contributed by atoms with Crippen LogP contribution in [-0.4, -0.2) is 35.2 Å². The molecule has 0 radical (unpaired) electrons. The molecule has 1 N–H and O–H groups in total. The van der Waals surface area contributed by atoms with Crippen molar-refractivity contribution in [2.24, 2.45) is 5.10 Å². The molecule has 2 heterocycles. The predicted molar refractivity (Wildman–Crippen MR) is 70.6 cm³/mol. The lowest BCUT2D eigenvalue weighted by Crippen LogP contribution is -2.32. The number of carbonyl (C=O) groups is 1. The molecular formula is C13H13N3O4. The molecule has 0 bridgehead atoms. The average Bonchev–Trinajstić information content (AvgIpc) is 3.02. The molecule has 0 aliphatic carbocycles. The molecule has 1 aromatic rings. The fourth-order valence-electron chi connectivity index (χ4n) is 2.25. The molecular weight excluding hydrogens is 262 g/mol. The van der Waals surface area contributed by atoms with Gasteiger partial charge >= 0.3 is 0 Å². The Labute approximate surface area is 114 Å². The van der Waals surface area contributed by atoms with E-state index in [0.717, 1.165) is 0 Å². The van der Waals surface area contributed by atoms with Crippen LogP contribution in [0.4, 0.5) is 5.69 Å².